The number of nitrogens with one attached hydrogen (secondary N) is 1. The topological polar surface area (TPSA) is 98.0 Å². The summed E-state index contributed by atoms with van der Waals surface area (Å²) < 4.78 is 6.56. The molecular weight excluding hydrogens is 388 g/mol. The summed E-state index contributed by atoms with van der Waals surface area (Å²) in [6.45, 7) is 3.76. The summed E-state index contributed by atoms with van der Waals surface area (Å²) in [7, 11) is 0. The maximum Gasteiger partial charge on any atom is 0.229 e. The number of fused-ring (bicyclic) bond motifs is 3. The van der Waals surface area contributed by atoms with Gasteiger partial charge in [-0.25, -0.2) is 9.97 Å². The quantitative estimate of drug-likeness (QED) is 0.480. The van der Waals surface area contributed by atoms with Crippen molar-refractivity contribution < 1.29 is 14.0 Å². The molecule has 1 amide bonds. The average molecular weight is 406 g/mol. The summed E-state index contributed by atoms with van der Waals surface area (Å²) in [6.07, 6.45) is 5.41. The zero-order chi connectivity index (χ0) is 20.1. The van der Waals surface area contributed by atoms with E-state index in [2.05, 4.69) is 20.3 Å². The number of carbonyl (C=O) groups excluding carboxylic acids is 2. The fourth-order valence-corrected chi connectivity index (χ4v) is 4.32. The summed E-state index contributed by atoms with van der Waals surface area (Å²) in [5.41, 5.74) is 5.14. The van der Waals surface area contributed by atoms with Crippen molar-refractivity contribution in [2.45, 2.75) is 33.1 Å². The Morgan fingerprint density at radius 1 is 1.24 bits per heavy atom. The smallest absolute Gasteiger partial charge is 0.229 e. The molecule has 3 aromatic heterocycles. The molecule has 1 fully saturated rings. The number of oxazole rings is 1. The zero-order valence-electron chi connectivity index (χ0n) is 16.0. The zero-order valence-corrected chi connectivity index (χ0v) is 16.8. The molecule has 8 heteroatoms. The number of anilines is 1. The first-order valence-electron chi connectivity index (χ1n) is 9.53. The monoisotopic (exact) mass is 406 g/mol. The summed E-state index contributed by atoms with van der Waals surface area (Å²) in [6, 6.07) is 3.73. The van der Waals surface area contributed by atoms with Crippen LogP contribution in [0, 0.1) is 12.8 Å². The van der Waals surface area contributed by atoms with Crippen molar-refractivity contribution in [3.05, 3.63) is 36.0 Å². The molecule has 4 aromatic rings. The number of aryl methyl sites for hydroxylation is 1. The van der Waals surface area contributed by atoms with Gasteiger partial charge in [-0.1, -0.05) is 18.3 Å². The molecule has 7 nitrogen and oxygen atoms in total. The largest absolute Gasteiger partial charge is 0.443 e. The van der Waals surface area contributed by atoms with Gasteiger partial charge in [-0.2, -0.15) is 0 Å². The number of pyridine rings is 1. The van der Waals surface area contributed by atoms with Gasteiger partial charge in [0.1, 0.15) is 11.2 Å². The molecule has 0 unspecified atom stereocenters. The third kappa shape index (κ3) is 3.09. The number of carbonyl (C=O) groups is 2. The number of thiazole rings is 1. The Balaban J connectivity index is 1.62. The lowest BCUT2D eigenvalue weighted by Crippen LogP contribution is -2.12. The van der Waals surface area contributed by atoms with E-state index in [9.17, 15) is 9.59 Å². The van der Waals surface area contributed by atoms with Gasteiger partial charge in [0.05, 0.1) is 10.2 Å². The molecule has 0 atom stereocenters. The molecule has 3 heterocycles. The van der Waals surface area contributed by atoms with Gasteiger partial charge in [-0.05, 0) is 37.5 Å². The Hall–Kier alpha value is -3.13. The van der Waals surface area contributed by atoms with E-state index in [0.29, 0.717) is 28.3 Å². The van der Waals surface area contributed by atoms with Gasteiger partial charge in [0.15, 0.2) is 22.9 Å². The van der Waals surface area contributed by atoms with E-state index in [-0.39, 0.29) is 17.6 Å². The molecule has 1 aromatic carbocycles. The second-order valence-electron chi connectivity index (χ2n) is 7.25. The Morgan fingerprint density at radius 3 is 2.79 bits per heavy atom. The highest BCUT2D eigenvalue weighted by atomic mass is 32.1. The fraction of sp³-hybridized carbons (Fsp3) is 0.286. The minimum Gasteiger partial charge on any atom is -0.443 e. The summed E-state index contributed by atoms with van der Waals surface area (Å²) >= 11 is 1.40. The lowest BCUT2D eigenvalue weighted by atomic mass is 10.00. The molecular formula is C21H18N4O3S. The second-order valence-corrected chi connectivity index (χ2v) is 8.25. The second kappa shape index (κ2) is 6.73. The molecule has 146 valence electrons. The van der Waals surface area contributed by atoms with Crippen molar-refractivity contribution in [2.24, 2.45) is 5.92 Å². The third-order valence-corrected chi connectivity index (χ3v) is 6.14. The first-order chi connectivity index (χ1) is 14.0. The van der Waals surface area contributed by atoms with Crippen LogP contribution in [-0.4, -0.2) is 26.6 Å². The van der Waals surface area contributed by atoms with Gasteiger partial charge < -0.3 is 9.73 Å². The first kappa shape index (κ1) is 17.9. The molecule has 1 aliphatic carbocycles. The van der Waals surface area contributed by atoms with E-state index in [1.807, 2.05) is 19.9 Å². The lowest BCUT2D eigenvalue weighted by Gasteiger charge is -2.08. The molecule has 0 aliphatic heterocycles. The third-order valence-electron chi connectivity index (χ3n) is 5.15. The van der Waals surface area contributed by atoms with E-state index in [4.69, 9.17) is 4.42 Å². The molecule has 29 heavy (non-hydrogen) atoms. The van der Waals surface area contributed by atoms with Gasteiger partial charge in [-0.3, -0.25) is 14.6 Å². The Labute approximate surface area is 170 Å². The minimum absolute atomic E-state index is 0.00969. The van der Waals surface area contributed by atoms with E-state index in [1.165, 1.54) is 17.7 Å². The van der Waals surface area contributed by atoms with Crippen LogP contribution in [0.25, 0.3) is 32.4 Å². The Morgan fingerprint density at radius 2 is 2.07 bits per heavy atom. The Kier molecular flexibility index (Phi) is 4.16. The first-order valence-corrected chi connectivity index (χ1v) is 10.3. The van der Waals surface area contributed by atoms with Crippen molar-refractivity contribution in [3.8, 4) is 11.1 Å². The van der Waals surface area contributed by atoms with Crippen LogP contribution < -0.4 is 5.32 Å². The van der Waals surface area contributed by atoms with Gasteiger partial charge in [0, 0.05) is 29.7 Å². The number of amides is 1. The molecule has 1 N–H and O–H groups in total. The highest BCUT2D eigenvalue weighted by molar-refractivity contribution is 7.23. The van der Waals surface area contributed by atoms with Crippen molar-refractivity contribution in [2.75, 3.05) is 5.32 Å². The van der Waals surface area contributed by atoms with Crippen LogP contribution in [0.15, 0.2) is 29.1 Å². The van der Waals surface area contributed by atoms with Crippen LogP contribution in [0.5, 0.6) is 0 Å². The highest BCUT2D eigenvalue weighted by Gasteiger charge is 2.30. The van der Waals surface area contributed by atoms with Crippen LogP contribution in [0.3, 0.4) is 0 Å². The SMILES string of the molecule is CCC(=O)c1cc(C)c(-c2cc3nc(NC(=O)C4CC4)sc3c3ncoc23)cn1. The van der Waals surface area contributed by atoms with Crippen LogP contribution in [-0.2, 0) is 4.79 Å². The number of hydrogen-bond donors (Lipinski definition) is 1. The number of benzene rings is 1. The lowest BCUT2D eigenvalue weighted by molar-refractivity contribution is -0.117. The van der Waals surface area contributed by atoms with E-state index < -0.39 is 0 Å². The summed E-state index contributed by atoms with van der Waals surface area (Å²) in [5.74, 6) is 0.148. The molecule has 0 radical (unpaired) electrons. The van der Waals surface area contributed by atoms with Crippen molar-refractivity contribution in [1.82, 2.24) is 15.0 Å². The number of rotatable bonds is 5. The number of hydrogen-bond acceptors (Lipinski definition) is 7. The maximum atomic E-state index is 12.1. The normalized spacial score (nSPS) is 13.9. The van der Waals surface area contributed by atoms with Gasteiger partial charge in [-0.15, -0.1) is 0 Å². The van der Waals surface area contributed by atoms with E-state index in [1.54, 1.807) is 12.3 Å². The van der Waals surface area contributed by atoms with Crippen LogP contribution in [0.4, 0.5) is 5.13 Å². The molecule has 1 aliphatic rings. The number of Topliss-reactive ketones (excluding diaryl/α,β-unsaturated/α-hetero) is 1. The summed E-state index contributed by atoms with van der Waals surface area (Å²) in [4.78, 5) is 37.4. The van der Waals surface area contributed by atoms with Gasteiger partial charge in [0.2, 0.25) is 5.91 Å². The van der Waals surface area contributed by atoms with Crippen LogP contribution >= 0.6 is 11.3 Å². The van der Waals surface area contributed by atoms with Crippen molar-refractivity contribution in [1.29, 1.82) is 0 Å². The van der Waals surface area contributed by atoms with Crippen molar-refractivity contribution in [3.63, 3.8) is 0 Å². The fourth-order valence-electron chi connectivity index (χ4n) is 3.38. The average Bonchev–Trinajstić information content (AvgIpc) is 3.31. The maximum absolute atomic E-state index is 12.1. The number of ketones is 1. The van der Waals surface area contributed by atoms with Gasteiger partial charge >= 0.3 is 0 Å². The predicted molar refractivity (Wildman–Crippen MR) is 111 cm³/mol. The molecule has 0 spiro atoms. The standard InChI is InChI=1S/C21H18N4O3S/c1-3-16(26)14-6-10(2)13(8-22-14)12-7-15-19(17-18(12)28-9-23-17)29-21(24-15)25-20(27)11-4-5-11/h6-9,11H,3-5H2,1-2H3,(H,24,25,27). The van der Waals surface area contributed by atoms with E-state index >= 15 is 0 Å². The molecule has 1 saturated carbocycles. The number of aromatic nitrogens is 3. The van der Waals surface area contributed by atoms with Gasteiger partial charge in [0.25, 0.3) is 0 Å². The number of nitrogens with zero attached hydrogens (tertiary/aromatic N) is 3. The molecule has 0 bridgehead atoms. The molecule has 5 rings (SSSR count). The summed E-state index contributed by atoms with van der Waals surface area (Å²) in [5, 5.41) is 3.47. The predicted octanol–water partition coefficient (Wildman–Crippen LogP) is 4.75. The Bertz CT molecular complexity index is 1290. The van der Waals surface area contributed by atoms with Crippen LogP contribution in [0.1, 0.15) is 42.2 Å². The van der Waals surface area contributed by atoms with Crippen LogP contribution in [0.2, 0.25) is 0 Å². The minimum atomic E-state index is 0.00969. The molecule has 0 saturated heterocycles. The van der Waals surface area contributed by atoms with Crippen molar-refractivity contribution >= 4 is 49.5 Å². The van der Waals surface area contributed by atoms with E-state index in [0.717, 1.165) is 39.7 Å². The highest BCUT2D eigenvalue weighted by Crippen LogP contribution is 2.39.